The Morgan fingerprint density at radius 2 is 1.69 bits per heavy atom. The van der Waals surface area contributed by atoms with Crippen LogP contribution in [0.4, 0.5) is 5.69 Å². The predicted molar refractivity (Wildman–Crippen MR) is 121 cm³/mol. The summed E-state index contributed by atoms with van der Waals surface area (Å²) >= 11 is 0. The molecule has 3 N–H and O–H groups in total. The molecular weight excluding hydrogens is 441 g/mol. The number of guanidine groups is 1. The van der Waals surface area contributed by atoms with Crippen molar-refractivity contribution in [3.8, 4) is 0 Å². The van der Waals surface area contributed by atoms with Crippen LogP contribution in [0.5, 0.6) is 0 Å². The van der Waals surface area contributed by atoms with Gasteiger partial charge in [0, 0.05) is 37.4 Å². The number of amides is 1. The normalized spacial score (nSPS) is 11.5. The van der Waals surface area contributed by atoms with Crippen molar-refractivity contribution in [2.24, 2.45) is 4.99 Å². The quantitative estimate of drug-likeness (QED) is 0.292. The molecule has 7 heteroatoms. The van der Waals surface area contributed by atoms with E-state index >= 15 is 0 Å². The number of rotatable bonds is 9. The van der Waals surface area contributed by atoms with Crippen LogP contribution in [-0.4, -0.2) is 55.0 Å². The summed E-state index contributed by atoms with van der Waals surface area (Å²) < 4.78 is 0. The molecule has 0 heterocycles. The van der Waals surface area contributed by atoms with Crippen LogP contribution >= 0.6 is 24.0 Å². The molecule has 0 saturated heterocycles. The largest absolute Gasteiger partial charge is 0.357 e. The zero-order valence-corrected chi connectivity index (χ0v) is 18.9. The highest BCUT2D eigenvalue weighted by Crippen LogP contribution is 2.04. The van der Waals surface area contributed by atoms with Gasteiger partial charge in [0.2, 0.25) is 5.91 Å². The summed E-state index contributed by atoms with van der Waals surface area (Å²) in [7, 11) is 0. The second-order valence-corrected chi connectivity index (χ2v) is 6.46. The van der Waals surface area contributed by atoms with Crippen LogP contribution in [0, 0.1) is 0 Å². The predicted octanol–water partition coefficient (Wildman–Crippen LogP) is 2.92. The fourth-order valence-electron chi connectivity index (χ4n) is 2.63. The van der Waals surface area contributed by atoms with E-state index < -0.39 is 0 Å². The van der Waals surface area contributed by atoms with Crippen LogP contribution in [0.2, 0.25) is 0 Å². The monoisotopic (exact) mass is 475 g/mol. The first kappa shape index (κ1) is 24.7. The Bertz CT molecular complexity index is 526. The Balaban J connectivity index is 0.00000625. The van der Waals surface area contributed by atoms with Gasteiger partial charge in [-0.2, -0.15) is 0 Å². The van der Waals surface area contributed by atoms with E-state index in [9.17, 15) is 4.79 Å². The molecule has 1 rings (SSSR count). The highest BCUT2D eigenvalue weighted by molar-refractivity contribution is 14.0. The van der Waals surface area contributed by atoms with Gasteiger partial charge >= 0.3 is 0 Å². The fraction of sp³-hybridized carbons (Fsp3) is 0.579. The Morgan fingerprint density at radius 3 is 2.23 bits per heavy atom. The molecule has 148 valence electrons. The summed E-state index contributed by atoms with van der Waals surface area (Å²) in [5.74, 6) is 0.535. The maximum atomic E-state index is 12.0. The lowest BCUT2D eigenvalue weighted by Crippen LogP contribution is -2.45. The zero-order valence-electron chi connectivity index (χ0n) is 16.6. The summed E-state index contributed by atoms with van der Waals surface area (Å²) in [5, 5.41) is 9.31. The van der Waals surface area contributed by atoms with Crippen LogP contribution in [0.25, 0.3) is 0 Å². The second-order valence-electron chi connectivity index (χ2n) is 6.46. The third kappa shape index (κ3) is 9.96. The summed E-state index contributed by atoms with van der Waals surface area (Å²) in [6.45, 7) is 13.4. The molecule has 6 nitrogen and oxygen atoms in total. The number of nitrogens with zero attached hydrogens (tertiary/aromatic N) is 2. The van der Waals surface area contributed by atoms with Crippen molar-refractivity contribution in [2.45, 2.75) is 46.7 Å². The van der Waals surface area contributed by atoms with Crippen molar-refractivity contribution < 1.29 is 4.79 Å². The number of hydrogen-bond donors (Lipinski definition) is 3. The third-order valence-electron chi connectivity index (χ3n) is 3.77. The van der Waals surface area contributed by atoms with Crippen molar-refractivity contribution >= 4 is 41.5 Å². The van der Waals surface area contributed by atoms with Gasteiger partial charge in [0.25, 0.3) is 0 Å². The van der Waals surface area contributed by atoms with Crippen molar-refractivity contribution in [3.63, 3.8) is 0 Å². The Morgan fingerprint density at radius 1 is 1.08 bits per heavy atom. The number of nitrogens with one attached hydrogen (secondary N) is 3. The summed E-state index contributed by atoms with van der Waals surface area (Å²) in [6, 6.07) is 10.4. The first-order valence-corrected chi connectivity index (χ1v) is 9.06. The molecule has 1 aromatic carbocycles. The summed E-state index contributed by atoms with van der Waals surface area (Å²) in [4.78, 5) is 18.8. The smallest absolute Gasteiger partial charge is 0.246 e. The van der Waals surface area contributed by atoms with Crippen LogP contribution in [-0.2, 0) is 4.79 Å². The van der Waals surface area contributed by atoms with Gasteiger partial charge in [-0.1, -0.05) is 18.2 Å². The maximum absolute atomic E-state index is 12.0. The molecule has 0 fully saturated rings. The van der Waals surface area contributed by atoms with Gasteiger partial charge < -0.3 is 16.0 Å². The Labute approximate surface area is 175 Å². The molecular formula is C19H34IN5O. The van der Waals surface area contributed by atoms with Crippen molar-refractivity contribution in [1.29, 1.82) is 0 Å². The topological polar surface area (TPSA) is 68.8 Å². The van der Waals surface area contributed by atoms with Crippen LogP contribution in [0.15, 0.2) is 35.3 Å². The van der Waals surface area contributed by atoms with Crippen LogP contribution < -0.4 is 16.0 Å². The highest BCUT2D eigenvalue weighted by atomic mass is 127. The second kappa shape index (κ2) is 13.8. The van der Waals surface area contributed by atoms with E-state index in [1.165, 1.54) is 0 Å². The minimum Gasteiger partial charge on any atom is -0.357 e. The molecule has 0 radical (unpaired) electrons. The van der Waals surface area contributed by atoms with Crippen molar-refractivity contribution in [3.05, 3.63) is 30.3 Å². The van der Waals surface area contributed by atoms with Gasteiger partial charge in [0.1, 0.15) is 6.54 Å². The van der Waals surface area contributed by atoms with Gasteiger partial charge in [-0.3, -0.25) is 9.69 Å². The number of anilines is 1. The molecule has 0 bridgehead atoms. The molecule has 0 aliphatic rings. The van der Waals surface area contributed by atoms with E-state index in [1.807, 2.05) is 37.3 Å². The van der Waals surface area contributed by atoms with Gasteiger partial charge in [-0.15, -0.1) is 24.0 Å². The molecule has 26 heavy (non-hydrogen) atoms. The van der Waals surface area contributed by atoms with E-state index in [4.69, 9.17) is 0 Å². The lowest BCUT2D eigenvalue weighted by molar-refractivity contribution is -0.114. The summed E-state index contributed by atoms with van der Waals surface area (Å²) in [5.41, 5.74) is 0.783. The maximum Gasteiger partial charge on any atom is 0.246 e. The van der Waals surface area contributed by atoms with Gasteiger partial charge in [0.15, 0.2) is 5.96 Å². The van der Waals surface area contributed by atoms with E-state index in [2.05, 4.69) is 53.5 Å². The van der Waals surface area contributed by atoms with Crippen LogP contribution in [0.3, 0.4) is 0 Å². The molecule has 1 amide bonds. The Hall–Kier alpha value is -1.35. The third-order valence-corrected chi connectivity index (χ3v) is 3.77. The molecule has 0 spiro atoms. The number of halogens is 1. The molecule has 0 aliphatic carbocycles. The molecule has 0 aromatic heterocycles. The van der Waals surface area contributed by atoms with Gasteiger partial charge in [-0.25, -0.2) is 4.99 Å². The number of benzene rings is 1. The van der Waals surface area contributed by atoms with E-state index in [0.29, 0.717) is 18.0 Å². The molecule has 0 atom stereocenters. The van der Waals surface area contributed by atoms with Crippen molar-refractivity contribution in [1.82, 2.24) is 15.5 Å². The molecule has 1 aromatic rings. The molecule has 0 saturated carbocycles. The average Bonchev–Trinajstić information content (AvgIpc) is 2.56. The van der Waals surface area contributed by atoms with E-state index in [-0.39, 0.29) is 36.4 Å². The van der Waals surface area contributed by atoms with Gasteiger partial charge in [-0.05, 0) is 46.8 Å². The minimum absolute atomic E-state index is 0. The standard InChI is InChI=1S/C19H33N5O.HI/c1-6-20-19(21-12-13-24(15(2)3)16(4)5)22-14-18(25)23-17-10-8-7-9-11-17;/h7-11,15-16H,6,12-14H2,1-5H3,(H,23,25)(H2,20,21,22);1H. The SMILES string of the molecule is CCNC(=NCC(=O)Nc1ccccc1)NCCN(C(C)C)C(C)C.I. The van der Waals surface area contributed by atoms with E-state index in [1.54, 1.807) is 0 Å². The fourth-order valence-corrected chi connectivity index (χ4v) is 2.63. The number of carbonyl (C=O) groups excluding carboxylic acids is 1. The average molecular weight is 475 g/mol. The number of hydrogen-bond acceptors (Lipinski definition) is 3. The number of aliphatic imine (C=N–C) groups is 1. The first-order chi connectivity index (χ1) is 11.9. The minimum atomic E-state index is -0.130. The lowest BCUT2D eigenvalue weighted by atomic mass is 10.2. The number of para-hydroxylation sites is 1. The van der Waals surface area contributed by atoms with Crippen molar-refractivity contribution in [2.75, 3.05) is 31.5 Å². The molecule has 0 aliphatic heterocycles. The zero-order chi connectivity index (χ0) is 18.7. The van der Waals surface area contributed by atoms with E-state index in [0.717, 1.165) is 25.3 Å². The Kier molecular flexibility index (Phi) is 13.1. The first-order valence-electron chi connectivity index (χ1n) is 9.06. The summed E-state index contributed by atoms with van der Waals surface area (Å²) in [6.07, 6.45) is 0. The lowest BCUT2D eigenvalue weighted by Gasteiger charge is -2.30. The van der Waals surface area contributed by atoms with Gasteiger partial charge in [0.05, 0.1) is 0 Å². The molecule has 0 unspecified atom stereocenters. The van der Waals surface area contributed by atoms with Crippen LogP contribution in [0.1, 0.15) is 34.6 Å². The number of carbonyl (C=O) groups is 1. The highest BCUT2D eigenvalue weighted by Gasteiger charge is 2.12.